The third-order valence-electron chi connectivity index (χ3n) is 5.83. The molecule has 0 saturated carbocycles. The van der Waals surface area contributed by atoms with Crippen molar-refractivity contribution in [1.82, 2.24) is 14.4 Å². The molecule has 0 atom stereocenters. The summed E-state index contributed by atoms with van der Waals surface area (Å²) in [6, 6.07) is 8.95. The Morgan fingerprint density at radius 3 is 2.44 bits per heavy atom. The van der Waals surface area contributed by atoms with E-state index in [-0.39, 0.29) is 17.4 Å². The largest absolute Gasteiger partial charge is 0.465 e. The van der Waals surface area contributed by atoms with E-state index in [2.05, 4.69) is 0 Å². The Labute approximate surface area is 201 Å². The maximum absolute atomic E-state index is 12.9. The van der Waals surface area contributed by atoms with Gasteiger partial charge in [0.15, 0.2) is 0 Å². The van der Waals surface area contributed by atoms with E-state index in [0.29, 0.717) is 31.9 Å². The Morgan fingerprint density at radius 2 is 1.79 bits per heavy atom. The van der Waals surface area contributed by atoms with Crippen LogP contribution in [0.15, 0.2) is 35.2 Å². The minimum atomic E-state index is -0.469. The van der Waals surface area contributed by atoms with Crippen molar-refractivity contribution in [2.24, 2.45) is 0 Å². The standard InChI is InChI=1S/C24H25N3O6S/c1-15-12-18(16(2)27(15)19-6-4-17(5-7-19)23(30)32-3)13-20-22(29)26(24(31)34-20)14-21(28)25-8-10-33-11-9-25/h4-7,12-13H,8-11,14H2,1-3H3/b20-13-. The number of hydrogen-bond acceptors (Lipinski definition) is 7. The van der Waals surface area contributed by atoms with Crippen molar-refractivity contribution in [1.29, 1.82) is 0 Å². The second kappa shape index (κ2) is 9.86. The normalized spacial score (nSPS) is 17.6. The summed E-state index contributed by atoms with van der Waals surface area (Å²) < 4.78 is 12.0. The molecule has 10 heteroatoms. The lowest BCUT2D eigenvalue weighted by Gasteiger charge is -2.28. The number of aromatic nitrogens is 1. The molecule has 2 aliphatic rings. The number of carbonyl (C=O) groups is 4. The van der Waals surface area contributed by atoms with Crippen molar-refractivity contribution in [2.75, 3.05) is 40.0 Å². The molecule has 2 fully saturated rings. The quantitative estimate of drug-likeness (QED) is 0.476. The minimum absolute atomic E-state index is 0.263. The molecule has 0 N–H and O–H groups in total. The van der Waals surface area contributed by atoms with Gasteiger partial charge in [0.25, 0.3) is 11.1 Å². The van der Waals surface area contributed by atoms with Gasteiger partial charge in [0, 0.05) is 30.2 Å². The molecule has 0 spiro atoms. The second-order valence-corrected chi connectivity index (χ2v) is 8.95. The average Bonchev–Trinajstić information content (AvgIpc) is 3.28. The Morgan fingerprint density at radius 1 is 1.12 bits per heavy atom. The summed E-state index contributed by atoms with van der Waals surface area (Å²) in [5.41, 5.74) is 3.90. The summed E-state index contributed by atoms with van der Waals surface area (Å²) in [6.07, 6.45) is 1.69. The molecule has 2 saturated heterocycles. The summed E-state index contributed by atoms with van der Waals surface area (Å²) in [4.78, 5) is 52.5. The lowest BCUT2D eigenvalue weighted by Crippen LogP contribution is -2.46. The van der Waals surface area contributed by atoms with Gasteiger partial charge in [0.05, 0.1) is 30.8 Å². The zero-order valence-corrected chi connectivity index (χ0v) is 20.0. The van der Waals surface area contributed by atoms with Crippen LogP contribution in [-0.2, 0) is 19.1 Å². The molecule has 3 amide bonds. The highest BCUT2D eigenvalue weighted by Gasteiger charge is 2.37. The molecule has 2 aromatic rings. The number of hydrogen-bond donors (Lipinski definition) is 0. The Hall–Kier alpha value is -3.37. The molecule has 1 aromatic heterocycles. The highest BCUT2D eigenvalue weighted by molar-refractivity contribution is 8.18. The van der Waals surface area contributed by atoms with Gasteiger partial charge in [0.1, 0.15) is 6.54 Å². The summed E-state index contributed by atoms with van der Waals surface area (Å²) in [6.45, 7) is 5.40. The van der Waals surface area contributed by atoms with Crippen LogP contribution in [0.25, 0.3) is 11.8 Å². The van der Waals surface area contributed by atoms with Gasteiger partial charge in [-0.1, -0.05) is 0 Å². The van der Waals surface area contributed by atoms with Gasteiger partial charge in [-0.15, -0.1) is 0 Å². The number of benzene rings is 1. The average molecular weight is 484 g/mol. The van der Waals surface area contributed by atoms with Crippen LogP contribution in [0.3, 0.4) is 0 Å². The van der Waals surface area contributed by atoms with E-state index in [1.807, 2.05) is 36.6 Å². The summed E-state index contributed by atoms with van der Waals surface area (Å²) in [5, 5.41) is -0.454. The lowest BCUT2D eigenvalue weighted by molar-refractivity contribution is -0.139. The van der Waals surface area contributed by atoms with Crippen molar-refractivity contribution in [3.05, 3.63) is 57.8 Å². The predicted octanol–water partition coefficient (Wildman–Crippen LogP) is 2.78. The van der Waals surface area contributed by atoms with Crippen LogP contribution < -0.4 is 0 Å². The Balaban J connectivity index is 1.54. The molecule has 0 aliphatic carbocycles. The van der Waals surface area contributed by atoms with Gasteiger partial charge in [0.2, 0.25) is 5.91 Å². The summed E-state index contributed by atoms with van der Waals surface area (Å²) in [7, 11) is 1.34. The molecule has 0 bridgehead atoms. The lowest BCUT2D eigenvalue weighted by atomic mass is 10.2. The zero-order chi connectivity index (χ0) is 24.4. The SMILES string of the molecule is COC(=O)c1ccc(-n2c(C)cc(/C=C3\SC(=O)N(CC(=O)N4CCOCC4)C3=O)c2C)cc1. The van der Waals surface area contributed by atoms with Crippen LogP contribution in [-0.4, -0.2) is 77.3 Å². The van der Waals surface area contributed by atoms with E-state index < -0.39 is 17.1 Å². The fourth-order valence-corrected chi connectivity index (χ4v) is 4.85. The number of rotatable bonds is 5. The van der Waals surface area contributed by atoms with Gasteiger partial charge in [-0.05, 0) is 67.6 Å². The van der Waals surface area contributed by atoms with Crippen molar-refractivity contribution < 1.29 is 28.7 Å². The van der Waals surface area contributed by atoms with Crippen molar-refractivity contribution in [2.45, 2.75) is 13.8 Å². The third-order valence-corrected chi connectivity index (χ3v) is 6.74. The maximum atomic E-state index is 12.9. The van der Waals surface area contributed by atoms with Gasteiger partial charge < -0.3 is 18.9 Å². The molecule has 9 nitrogen and oxygen atoms in total. The van der Waals surface area contributed by atoms with Crippen molar-refractivity contribution >= 4 is 40.9 Å². The van der Waals surface area contributed by atoms with Crippen LogP contribution in [0.1, 0.15) is 27.3 Å². The first-order valence-electron chi connectivity index (χ1n) is 10.8. The number of morpholine rings is 1. The first-order valence-corrected chi connectivity index (χ1v) is 11.6. The predicted molar refractivity (Wildman–Crippen MR) is 127 cm³/mol. The number of carbonyl (C=O) groups excluding carboxylic acids is 4. The van der Waals surface area contributed by atoms with Gasteiger partial charge in [-0.3, -0.25) is 19.3 Å². The molecule has 2 aliphatic heterocycles. The number of amides is 3. The van der Waals surface area contributed by atoms with E-state index in [1.54, 1.807) is 23.1 Å². The third kappa shape index (κ3) is 4.64. The fourth-order valence-electron chi connectivity index (χ4n) is 4.02. The summed E-state index contributed by atoms with van der Waals surface area (Å²) >= 11 is 0.835. The van der Waals surface area contributed by atoms with Crippen LogP contribution in [0.2, 0.25) is 0 Å². The first-order chi connectivity index (χ1) is 16.3. The van der Waals surface area contributed by atoms with E-state index in [4.69, 9.17) is 9.47 Å². The number of aryl methyl sites for hydroxylation is 1. The van der Waals surface area contributed by atoms with E-state index >= 15 is 0 Å². The van der Waals surface area contributed by atoms with E-state index in [9.17, 15) is 19.2 Å². The molecule has 0 radical (unpaired) electrons. The number of thioether (sulfide) groups is 1. The zero-order valence-electron chi connectivity index (χ0n) is 19.2. The van der Waals surface area contributed by atoms with Crippen LogP contribution in [0.5, 0.6) is 0 Å². The number of imide groups is 1. The number of esters is 1. The van der Waals surface area contributed by atoms with Crippen LogP contribution >= 0.6 is 11.8 Å². The molecule has 3 heterocycles. The minimum Gasteiger partial charge on any atom is -0.465 e. The first kappa shape index (κ1) is 23.8. The monoisotopic (exact) mass is 483 g/mol. The molecule has 1 aromatic carbocycles. The highest BCUT2D eigenvalue weighted by atomic mass is 32.2. The molecule has 34 heavy (non-hydrogen) atoms. The topological polar surface area (TPSA) is 98.2 Å². The highest BCUT2D eigenvalue weighted by Crippen LogP contribution is 2.33. The smallest absolute Gasteiger partial charge is 0.337 e. The van der Waals surface area contributed by atoms with E-state index in [0.717, 1.165) is 39.3 Å². The number of nitrogens with zero attached hydrogens (tertiary/aromatic N) is 3. The maximum Gasteiger partial charge on any atom is 0.337 e. The molecular formula is C24H25N3O6S. The van der Waals surface area contributed by atoms with Crippen molar-refractivity contribution in [3.8, 4) is 5.69 Å². The Kier molecular flexibility index (Phi) is 6.90. The van der Waals surface area contributed by atoms with E-state index in [1.165, 1.54) is 7.11 Å². The summed E-state index contributed by atoms with van der Waals surface area (Å²) in [5.74, 6) is -1.14. The molecular weight excluding hydrogens is 458 g/mol. The Bertz CT molecular complexity index is 1180. The molecule has 178 valence electrons. The number of ether oxygens (including phenoxy) is 2. The van der Waals surface area contributed by atoms with Crippen LogP contribution in [0.4, 0.5) is 4.79 Å². The van der Waals surface area contributed by atoms with Gasteiger partial charge in [-0.2, -0.15) is 0 Å². The number of methoxy groups -OCH3 is 1. The molecule has 4 rings (SSSR count). The second-order valence-electron chi connectivity index (χ2n) is 7.96. The van der Waals surface area contributed by atoms with Gasteiger partial charge >= 0.3 is 5.97 Å². The fraction of sp³-hybridized carbons (Fsp3) is 0.333. The molecule has 0 unspecified atom stereocenters. The van der Waals surface area contributed by atoms with Crippen molar-refractivity contribution in [3.63, 3.8) is 0 Å². The van der Waals surface area contributed by atoms with Crippen LogP contribution in [0, 0.1) is 13.8 Å². The van der Waals surface area contributed by atoms with Gasteiger partial charge in [-0.25, -0.2) is 4.79 Å².